The molecule has 3 heterocycles. The first kappa shape index (κ1) is 21.0. The highest BCUT2D eigenvalue weighted by Crippen LogP contribution is 2.30. The van der Waals surface area contributed by atoms with Crippen molar-refractivity contribution >= 4 is 16.7 Å². The average molecular weight is 442 g/mol. The molecule has 2 aromatic heterocycles. The summed E-state index contributed by atoms with van der Waals surface area (Å²) in [6.45, 7) is 3.09. The first-order chi connectivity index (χ1) is 16.0. The van der Waals surface area contributed by atoms with Crippen LogP contribution >= 0.6 is 0 Å². The lowest BCUT2D eigenvalue weighted by Gasteiger charge is -2.32. The number of pyridine rings is 1. The number of hydrogen-bond acceptors (Lipinski definition) is 4. The summed E-state index contributed by atoms with van der Waals surface area (Å²) in [6, 6.07) is 17.5. The Labute approximate surface area is 190 Å². The SMILES string of the molecule is Cc1cc(-c2ccc(F)cc2)cc([C@@H]2CCCN(C(=O)c3n[nH]c(=O)c4ccccc34)C2)n1. The second kappa shape index (κ2) is 8.58. The summed E-state index contributed by atoms with van der Waals surface area (Å²) in [5.41, 5.74) is 3.66. The third-order valence-electron chi connectivity index (χ3n) is 6.18. The van der Waals surface area contributed by atoms with Crippen molar-refractivity contribution in [2.24, 2.45) is 0 Å². The second-order valence-corrected chi connectivity index (χ2v) is 8.47. The van der Waals surface area contributed by atoms with Crippen LogP contribution in [0.1, 0.15) is 40.6 Å². The van der Waals surface area contributed by atoms with Crippen LogP contribution in [0.25, 0.3) is 21.9 Å². The fourth-order valence-corrected chi connectivity index (χ4v) is 4.54. The Hall–Kier alpha value is -3.87. The topological polar surface area (TPSA) is 79.0 Å². The largest absolute Gasteiger partial charge is 0.337 e. The van der Waals surface area contributed by atoms with Gasteiger partial charge in [0.2, 0.25) is 0 Å². The normalized spacial score (nSPS) is 16.2. The number of likely N-dealkylation sites (tertiary alicyclic amines) is 1. The number of carbonyl (C=O) groups excluding carboxylic acids is 1. The van der Waals surface area contributed by atoms with E-state index >= 15 is 0 Å². The molecule has 5 rings (SSSR count). The molecular formula is C26H23FN4O2. The van der Waals surface area contributed by atoms with E-state index in [4.69, 9.17) is 4.98 Å². The van der Waals surface area contributed by atoms with Crippen molar-refractivity contribution in [3.63, 3.8) is 0 Å². The van der Waals surface area contributed by atoms with Crippen molar-refractivity contribution < 1.29 is 9.18 Å². The quantitative estimate of drug-likeness (QED) is 0.508. The predicted molar refractivity (Wildman–Crippen MR) is 125 cm³/mol. The van der Waals surface area contributed by atoms with Gasteiger partial charge in [-0.2, -0.15) is 5.10 Å². The molecule has 33 heavy (non-hydrogen) atoms. The number of benzene rings is 2. The van der Waals surface area contributed by atoms with Gasteiger partial charge in [0, 0.05) is 35.8 Å². The molecule has 1 fully saturated rings. The number of rotatable bonds is 3. The summed E-state index contributed by atoms with van der Waals surface area (Å²) in [7, 11) is 0. The summed E-state index contributed by atoms with van der Waals surface area (Å²) in [4.78, 5) is 32.0. The summed E-state index contributed by atoms with van der Waals surface area (Å²) in [6.07, 6.45) is 1.77. The molecule has 0 spiro atoms. The fraction of sp³-hybridized carbons (Fsp3) is 0.231. The monoisotopic (exact) mass is 442 g/mol. The smallest absolute Gasteiger partial charge is 0.274 e. The maximum Gasteiger partial charge on any atom is 0.274 e. The van der Waals surface area contributed by atoms with Gasteiger partial charge in [0.25, 0.3) is 11.5 Å². The highest BCUT2D eigenvalue weighted by atomic mass is 19.1. The van der Waals surface area contributed by atoms with Crippen molar-refractivity contribution in [1.29, 1.82) is 0 Å². The number of piperidine rings is 1. The minimum atomic E-state index is -0.309. The lowest BCUT2D eigenvalue weighted by molar-refractivity contribution is 0.0701. The van der Waals surface area contributed by atoms with E-state index in [1.807, 2.05) is 19.1 Å². The summed E-state index contributed by atoms with van der Waals surface area (Å²) >= 11 is 0. The third kappa shape index (κ3) is 4.14. The molecule has 1 N–H and O–H groups in total. The van der Waals surface area contributed by atoms with Gasteiger partial charge in [-0.3, -0.25) is 14.6 Å². The maximum atomic E-state index is 13.4. The zero-order valence-electron chi connectivity index (χ0n) is 18.2. The predicted octanol–water partition coefficient (Wildman–Crippen LogP) is 4.45. The Bertz CT molecular complexity index is 1400. The fourth-order valence-electron chi connectivity index (χ4n) is 4.54. The van der Waals surface area contributed by atoms with Gasteiger partial charge >= 0.3 is 0 Å². The van der Waals surface area contributed by atoms with E-state index in [0.717, 1.165) is 35.4 Å². The Morgan fingerprint density at radius 3 is 2.61 bits per heavy atom. The van der Waals surface area contributed by atoms with Crippen LogP contribution in [0.3, 0.4) is 0 Å². The van der Waals surface area contributed by atoms with Gasteiger partial charge in [-0.05, 0) is 61.2 Å². The molecule has 1 amide bonds. The van der Waals surface area contributed by atoms with Gasteiger partial charge in [-0.25, -0.2) is 9.49 Å². The van der Waals surface area contributed by atoms with E-state index in [1.54, 1.807) is 41.3 Å². The number of halogens is 1. The molecule has 0 aliphatic carbocycles. The Kier molecular flexibility index (Phi) is 5.46. The molecule has 1 aliphatic rings. The van der Waals surface area contributed by atoms with Gasteiger partial charge in [0.15, 0.2) is 5.69 Å². The van der Waals surface area contributed by atoms with Crippen molar-refractivity contribution in [3.05, 3.63) is 93.9 Å². The van der Waals surface area contributed by atoms with Crippen LogP contribution in [0.2, 0.25) is 0 Å². The average Bonchev–Trinajstić information content (AvgIpc) is 2.84. The number of aromatic nitrogens is 3. The number of aromatic amines is 1. The van der Waals surface area contributed by atoms with Crippen LogP contribution in [0.15, 0.2) is 65.5 Å². The highest BCUT2D eigenvalue weighted by Gasteiger charge is 2.28. The molecule has 6 nitrogen and oxygen atoms in total. The molecule has 0 bridgehead atoms. The number of hydrogen-bond donors (Lipinski definition) is 1. The summed E-state index contributed by atoms with van der Waals surface area (Å²) in [5, 5.41) is 7.54. The third-order valence-corrected chi connectivity index (χ3v) is 6.18. The van der Waals surface area contributed by atoms with Crippen LogP contribution in [0, 0.1) is 12.7 Å². The number of fused-ring (bicyclic) bond motifs is 1. The van der Waals surface area contributed by atoms with E-state index in [0.29, 0.717) is 23.9 Å². The van der Waals surface area contributed by atoms with Crippen LogP contribution in [-0.4, -0.2) is 39.1 Å². The van der Waals surface area contributed by atoms with E-state index in [2.05, 4.69) is 10.2 Å². The number of nitrogens with zero attached hydrogens (tertiary/aromatic N) is 3. The Balaban J connectivity index is 1.44. The van der Waals surface area contributed by atoms with Gasteiger partial charge in [0.1, 0.15) is 5.82 Å². The van der Waals surface area contributed by atoms with E-state index in [-0.39, 0.29) is 28.9 Å². The van der Waals surface area contributed by atoms with Gasteiger partial charge < -0.3 is 4.90 Å². The van der Waals surface area contributed by atoms with Crippen LogP contribution in [0.4, 0.5) is 4.39 Å². The van der Waals surface area contributed by atoms with Crippen LogP contribution in [0.5, 0.6) is 0 Å². The van der Waals surface area contributed by atoms with E-state index < -0.39 is 0 Å². The van der Waals surface area contributed by atoms with Gasteiger partial charge in [-0.1, -0.05) is 30.3 Å². The van der Waals surface area contributed by atoms with Gasteiger partial charge in [0.05, 0.1) is 5.39 Å². The molecule has 2 aromatic carbocycles. The van der Waals surface area contributed by atoms with Gasteiger partial charge in [-0.15, -0.1) is 0 Å². The zero-order valence-corrected chi connectivity index (χ0v) is 18.2. The van der Waals surface area contributed by atoms with E-state index in [9.17, 15) is 14.0 Å². The molecular weight excluding hydrogens is 419 g/mol. The number of H-pyrrole nitrogens is 1. The maximum absolute atomic E-state index is 13.4. The summed E-state index contributed by atoms with van der Waals surface area (Å²) in [5.74, 6) is -0.385. The molecule has 166 valence electrons. The number of carbonyl (C=O) groups is 1. The minimum Gasteiger partial charge on any atom is -0.337 e. The first-order valence-corrected chi connectivity index (χ1v) is 11.0. The molecule has 1 aliphatic heterocycles. The molecule has 1 saturated heterocycles. The second-order valence-electron chi connectivity index (χ2n) is 8.47. The lowest BCUT2D eigenvalue weighted by atomic mass is 9.92. The summed E-state index contributed by atoms with van der Waals surface area (Å²) < 4.78 is 13.4. The zero-order chi connectivity index (χ0) is 22.9. The molecule has 0 saturated carbocycles. The van der Waals surface area contributed by atoms with Crippen LogP contribution < -0.4 is 5.56 Å². The van der Waals surface area contributed by atoms with Crippen molar-refractivity contribution in [3.8, 4) is 11.1 Å². The lowest BCUT2D eigenvalue weighted by Crippen LogP contribution is -2.40. The molecule has 0 radical (unpaired) electrons. The standard InChI is InChI=1S/C26H23FN4O2/c1-16-13-19(17-8-10-20(27)11-9-17)14-23(28-16)18-5-4-12-31(15-18)26(33)24-21-6-2-3-7-22(21)25(32)30-29-24/h2-3,6-11,13-14,18H,4-5,12,15H2,1H3,(H,30,32)/t18-/m1/s1. The molecule has 0 unspecified atom stereocenters. The number of amides is 1. The van der Waals surface area contributed by atoms with Crippen LogP contribution in [-0.2, 0) is 0 Å². The van der Waals surface area contributed by atoms with E-state index in [1.165, 1.54) is 12.1 Å². The number of nitrogens with one attached hydrogen (secondary N) is 1. The van der Waals surface area contributed by atoms with Crippen molar-refractivity contribution in [1.82, 2.24) is 20.1 Å². The number of aryl methyl sites for hydroxylation is 1. The highest BCUT2D eigenvalue weighted by molar-refractivity contribution is 6.04. The first-order valence-electron chi connectivity index (χ1n) is 11.0. The molecule has 1 atom stereocenters. The minimum absolute atomic E-state index is 0.0795. The Morgan fingerprint density at radius 2 is 1.82 bits per heavy atom. The molecule has 7 heteroatoms. The Morgan fingerprint density at radius 1 is 1.06 bits per heavy atom. The van der Waals surface area contributed by atoms with Crippen molar-refractivity contribution in [2.45, 2.75) is 25.7 Å². The van der Waals surface area contributed by atoms with Crippen molar-refractivity contribution in [2.75, 3.05) is 13.1 Å². The molecule has 4 aromatic rings.